The third-order valence-corrected chi connectivity index (χ3v) is 3.97. The number of benzene rings is 1. The zero-order valence-electron chi connectivity index (χ0n) is 11.9. The number of rotatable bonds is 7. The van der Waals surface area contributed by atoms with Gasteiger partial charge >= 0.3 is 0 Å². The lowest BCUT2D eigenvalue weighted by Gasteiger charge is -2.19. The fraction of sp³-hybridized carbons (Fsp3) is 0.333. The van der Waals surface area contributed by atoms with Gasteiger partial charge in [-0.15, -0.1) is 11.3 Å². The Morgan fingerprint density at radius 3 is 2.76 bits per heavy atom. The van der Waals surface area contributed by atoms with Crippen molar-refractivity contribution in [3.8, 4) is 0 Å². The number of nitrogens with one attached hydrogen (secondary N) is 1. The minimum atomic E-state index is 0.0128. The van der Waals surface area contributed by atoms with Crippen molar-refractivity contribution in [2.75, 3.05) is 13.1 Å². The number of carbonyl (C=O) groups excluding carboxylic acids is 1. The molecule has 2 aromatic rings. The average molecular weight is 324 g/mol. The number of hydrogen-bond donors (Lipinski definition) is 1. The molecule has 6 heteroatoms. The van der Waals surface area contributed by atoms with Gasteiger partial charge in [0.05, 0.1) is 24.3 Å². The number of carbonyl (C=O) groups is 1. The van der Waals surface area contributed by atoms with Crippen molar-refractivity contribution in [3.63, 3.8) is 0 Å². The minimum absolute atomic E-state index is 0.0128. The molecule has 0 unspecified atom stereocenters. The molecule has 1 heterocycles. The first kappa shape index (κ1) is 15.9. The molecule has 0 fully saturated rings. The maximum atomic E-state index is 12.0. The summed E-state index contributed by atoms with van der Waals surface area (Å²) in [6, 6.07) is 7.70. The molecule has 1 aromatic heterocycles. The van der Waals surface area contributed by atoms with Crippen molar-refractivity contribution in [1.82, 2.24) is 15.2 Å². The van der Waals surface area contributed by atoms with Gasteiger partial charge in [-0.1, -0.05) is 30.7 Å². The molecule has 112 valence electrons. The number of amides is 1. The maximum Gasteiger partial charge on any atom is 0.234 e. The molecule has 0 aliphatic carbocycles. The van der Waals surface area contributed by atoms with Crippen LogP contribution in [0.3, 0.4) is 0 Å². The Kier molecular flexibility index (Phi) is 6.17. The summed E-state index contributed by atoms with van der Waals surface area (Å²) in [5, 5.41) is 5.55. The first-order valence-electron chi connectivity index (χ1n) is 6.78. The van der Waals surface area contributed by atoms with E-state index in [1.54, 1.807) is 5.51 Å². The Bertz CT molecular complexity index is 557. The summed E-state index contributed by atoms with van der Waals surface area (Å²) in [5.41, 5.74) is 3.81. The first-order valence-corrected chi connectivity index (χ1v) is 8.10. The Labute approximate surface area is 133 Å². The Hall–Kier alpha value is -1.43. The van der Waals surface area contributed by atoms with E-state index in [2.05, 4.69) is 15.2 Å². The van der Waals surface area contributed by atoms with Gasteiger partial charge in [-0.25, -0.2) is 4.98 Å². The summed E-state index contributed by atoms with van der Waals surface area (Å²) >= 11 is 7.40. The molecule has 0 radical (unpaired) electrons. The highest BCUT2D eigenvalue weighted by Gasteiger charge is 2.10. The van der Waals surface area contributed by atoms with Gasteiger partial charge in [-0.3, -0.25) is 9.69 Å². The van der Waals surface area contributed by atoms with E-state index in [9.17, 15) is 4.79 Å². The molecule has 2 rings (SSSR count). The van der Waals surface area contributed by atoms with Crippen LogP contribution in [0.4, 0.5) is 0 Å². The predicted molar refractivity (Wildman–Crippen MR) is 86.4 cm³/mol. The largest absolute Gasteiger partial charge is 0.349 e. The third-order valence-electron chi connectivity index (χ3n) is 3.08. The van der Waals surface area contributed by atoms with Gasteiger partial charge in [-0.05, 0) is 24.2 Å². The van der Waals surface area contributed by atoms with Gasteiger partial charge in [-0.2, -0.15) is 0 Å². The van der Waals surface area contributed by atoms with Gasteiger partial charge in [0.15, 0.2) is 0 Å². The van der Waals surface area contributed by atoms with E-state index in [1.807, 2.05) is 36.6 Å². The summed E-state index contributed by atoms with van der Waals surface area (Å²) in [5.74, 6) is 0.0128. The standard InChI is InChI=1S/C15H18ClN3OS/c1-2-19(8-12-3-5-13(16)6-4-12)9-15(20)17-7-14-10-21-11-18-14/h3-6,10-11H,2,7-9H2,1H3,(H,17,20). The van der Waals surface area contributed by atoms with Crippen LogP contribution in [0.2, 0.25) is 5.02 Å². The second-order valence-corrected chi connectivity index (χ2v) is 5.84. The minimum Gasteiger partial charge on any atom is -0.349 e. The average Bonchev–Trinajstić information content (AvgIpc) is 3.00. The van der Waals surface area contributed by atoms with Crippen LogP contribution in [0.1, 0.15) is 18.2 Å². The summed E-state index contributed by atoms with van der Waals surface area (Å²) in [4.78, 5) is 18.2. The zero-order chi connectivity index (χ0) is 15.1. The van der Waals surface area contributed by atoms with E-state index in [-0.39, 0.29) is 5.91 Å². The van der Waals surface area contributed by atoms with Crippen LogP contribution in [0, 0.1) is 0 Å². The molecule has 0 saturated carbocycles. The number of thiazole rings is 1. The molecule has 1 aromatic carbocycles. The molecule has 4 nitrogen and oxygen atoms in total. The lowest BCUT2D eigenvalue weighted by Crippen LogP contribution is -2.36. The first-order chi connectivity index (χ1) is 10.2. The van der Waals surface area contributed by atoms with E-state index in [0.717, 1.165) is 29.4 Å². The van der Waals surface area contributed by atoms with Crippen LogP contribution in [-0.4, -0.2) is 28.9 Å². The SMILES string of the molecule is CCN(CC(=O)NCc1cscn1)Cc1ccc(Cl)cc1. The van der Waals surface area contributed by atoms with Crippen molar-refractivity contribution in [2.45, 2.75) is 20.0 Å². The summed E-state index contributed by atoms with van der Waals surface area (Å²) in [6.45, 7) is 4.46. The van der Waals surface area contributed by atoms with Crippen molar-refractivity contribution in [2.24, 2.45) is 0 Å². The summed E-state index contributed by atoms with van der Waals surface area (Å²) in [7, 11) is 0. The maximum absolute atomic E-state index is 12.0. The number of nitrogens with zero attached hydrogens (tertiary/aromatic N) is 2. The Morgan fingerprint density at radius 1 is 1.38 bits per heavy atom. The van der Waals surface area contributed by atoms with Crippen LogP contribution >= 0.6 is 22.9 Å². The molecule has 0 aliphatic rings. The normalized spacial score (nSPS) is 10.8. The second kappa shape index (κ2) is 8.12. The molecule has 0 saturated heterocycles. The summed E-state index contributed by atoms with van der Waals surface area (Å²) in [6.07, 6.45) is 0. The fourth-order valence-electron chi connectivity index (χ4n) is 1.90. The summed E-state index contributed by atoms with van der Waals surface area (Å²) < 4.78 is 0. The number of likely N-dealkylation sites (N-methyl/N-ethyl adjacent to an activating group) is 1. The molecular weight excluding hydrogens is 306 g/mol. The van der Waals surface area contributed by atoms with E-state index in [0.29, 0.717) is 13.1 Å². The predicted octanol–water partition coefficient (Wildman–Crippen LogP) is 2.93. The monoisotopic (exact) mass is 323 g/mol. The number of hydrogen-bond acceptors (Lipinski definition) is 4. The van der Waals surface area contributed by atoms with Gasteiger partial charge in [0.1, 0.15) is 0 Å². The van der Waals surface area contributed by atoms with Crippen LogP contribution < -0.4 is 5.32 Å². The molecule has 0 bridgehead atoms. The van der Waals surface area contributed by atoms with Crippen LogP contribution in [0.15, 0.2) is 35.2 Å². The van der Waals surface area contributed by atoms with Gasteiger partial charge < -0.3 is 5.32 Å². The molecule has 1 amide bonds. The highest BCUT2D eigenvalue weighted by atomic mass is 35.5. The third kappa shape index (κ3) is 5.46. The molecule has 21 heavy (non-hydrogen) atoms. The van der Waals surface area contributed by atoms with Crippen LogP contribution in [0.25, 0.3) is 0 Å². The molecular formula is C15H18ClN3OS. The van der Waals surface area contributed by atoms with Gasteiger partial charge in [0.2, 0.25) is 5.91 Å². The highest BCUT2D eigenvalue weighted by Crippen LogP contribution is 2.11. The van der Waals surface area contributed by atoms with Gasteiger partial charge in [0, 0.05) is 16.9 Å². The van der Waals surface area contributed by atoms with Crippen molar-refractivity contribution in [3.05, 3.63) is 51.4 Å². The van der Waals surface area contributed by atoms with Crippen molar-refractivity contribution >= 4 is 28.8 Å². The van der Waals surface area contributed by atoms with E-state index in [4.69, 9.17) is 11.6 Å². The zero-order valence-corrected chi connectivity index (χ0v) is 13.5. The molecule has 0 spiro atoms. The smallest absolute Gasteiger partial charge is 0.234 e. The Morgan fingerprint density at radius 2 is 2.14 bits per heavy atom. The second-order valence-electron chi connectivity index (χ2n) is 4.69. The Balaban J connectivity index is 1.80. The van der Waals surface area contributed by atoms with Crippen molar-refractivity contribution in [1.29, 1.82) is 0 Å². The van der Waals surface area contributed by atoms with Crippen LogP contribution in [-0.2, 0) is 17.9 Å². The highest BCUT2D eigenvalue weighted by molar-refractivity contribution is 7.07. The quantitative estimate of drug-likeness (QED) is 0.852. The number of aromatic nitrogens is 1. The number of halogens is 1. The van der Waals surface area contributed by atoms with Crippen LogP contribution in [0.5, 0.6) is 0 Å². The molecule has 0 aliphatic heterocycles. The molecule has 1 N–H and O–H groups in total. The topological polar surface area (TPSA) is 45.2 Å². The van der Waals surface area contributed by atoms with E-state index < -0.39 is 0 Å². The van der Waals surface area contributed by atoms with E-state index >= 15 is 0 Å². The lowest BCUT2D eigenvalue weighted by molar-refractivity contribution is -0.122. The molecule has 0 atom stereocenters. The lowest BCUT2D eigenvalue weighted by atomic mass is 10.2. The van der Waals surface area contributed by atoms with Gasteiger partial charge in [0.25, 0.3) is 0 Å². The van der Waals surface area contributed by atoms with E-state index in [1.165, 1.54) is 11.3 Å². The fourth-order valence-corrected chi connectivity index (χ4v) is 2.58. The van der Waals surface area contributed by atoms with Crippen molar-refractivity contribution < 1.29 is 4.79 Å².